The molecule has 186 valence electrons. The van der Waals surface area contributed by atoms with Crippen LogP contribution in [0.1, 0.15) is 35.7 Å². The van der Waals surface area contributed by atoms with Gasteiger partial charge < -0.3 is 14.8 Å². The first-order valence-corrected chi connectivity index (χ1v) is 13.3. The summed E-state index contributed by atoms with van der Waals surface area (Å²) in [5.74, 6) is 0.160. The van der Waals surface area contributed by atoms with Crippen molar-refractivity contribution >= 4 is 33.2 Å². The van der Waals surface area contributed by atoms with Gasteiger partial charge in [0.2, 0.25) is 0 Å². The molecule has 3 N–H and O–H groups in total. The standard InChI is InChI=1S/C26H30ClN3O4S/c1-3-4-14-29-23-17-20(26(31)33-2)18-24(25(23)34-22-11-6-5-7-12-22)35(28,32)30-15-13-19-9-8-10-21(27)16-19/h5-12,16-18,29H,3-4,13-15H2,1-2H3,(H2,28,30,32). The van der Waals surface area contributed by atoms with E-state index in [1.165, 1.54) is 13.2 Å². The molecule has 3 rings (SSSR count). The summed E-state index contributed by atoms with van der Waals surface area (Å²) in [5.41, 5.74) is 1.60. The third-order valence-electron chi connectivity index (χ3n) is 5.20. The molecule has 35 heavy (non-hydrogen) atoms. The molecule has 3 aromatic rings. The second kappa shape index (κ2) is 12.6. The largest absolute Gasteiger partial charge is 0.465 e. The van der Waals surface area contributed by atoms with Crippen LogP contribution in [0.4, 0.5) is 5.69 Å². The molecule has 1 atom stereocenters. The summed E-state index contributed by atoms with van der Waals surface area (Å²) in [7, 11) is -2.28. The average Bonchev–Trinajstić information content (AvgIpc) is 2.85. The van der Waals surface area contributed by atoms with Crippen LogP contribution in [0.15, 0.2) is 71.6 Å². The predicted octanol–water partition coefficient (Wildman–Crippen LogP) is 6.28. The van der Waals surface area contributed by atoms with Crippen LogP contribution >= 0.6 is 11.6 Å². The molecule has 0 saturated heterocycles. The Labute approximate surface area is 211 Å². The Bertz CT molecular complexity index is 1250. The minimum absolute atomic E-state index is 0.0642. The molecule has 0 aliphatic rings. The molecule has 0 aromatic heterocycles. The quantitative estimate of drug-likeness (QED) is 0.194. The molecule has 7 nitrogen and oxygen atoms in total. The van der Waals surface area contributed by atoms with Crippen LogP contribution in [0.2, 0.25) is 5.02 Å². The molecule has 0 aliphatic carbocycles. The molecule has 0 saturated carbocycles. The van der Waals surface area contributed by atoms with E-state index in [2.05, 4.69) is 17.0 Å². The van der Waals surface area contributed by atoms with Gasteiger partial charge in [-0.1, -0.05) is 55.3 Å². The molecule has 0 radical (unpaired) electrons. The van der Waals surface area contributed by atoms with E-state index in [1.807, 2.05) is 36.4 Å². The van der Waals surface area contributed by atoms with Gasteiger partial charge in [0.15, 0.2) is 5.75 Å². The molecular weight excluding hydrogens is 486 g/mol. The molecular formula is C26H30ClN3O4S. The second-order valence-corrected chi connectivity index (χ2v) is 10.1. The van der Waals surface area contributed by atoms with Crippen molar-refractivity contribution in [2.24, 2.45) is 0 Å². The zero-order valence-corrected chi connectivity index (χ0v) is 21.4. The van der Waals surface area contributed by atoms with Crippen molar-refractivity contribution in [2.75, 3.05) is 25.5 Å². The molecule has 3 aromatic carbocycles. The Hall–Kier alpha value is -3.07. The molecule has 0 heterocycles. The van der Waals surface area contributed by atoms with Gasteiger partial charge in [-0.05, 0) is 54.8 Å². The van der Waals surface area contributed by atoms with Crippen LogP contribution in [0.25, 0.3) is 0 Å². The lowest BCUT2D eigenvalue weighted by Crippen LogP contribution is -2.26. The summed E-state index contributed by atoms with van der Waals surface area (Å²) < 4.78 is 36.3. The molecule has 0 amide bonds. The van der Waals surface area contributed by atoms with E-state index in [0.29, 0.717) is 29.4 Å². The van der Waals surface area contributed by atoms with Gasteiger partial charge in [0.1, 0.15) is 20.6 Å². The lowest BCUT2D eigenvalue weighted by molar-refractivity contribution is 0.0600. The van der Waals surface area contributed by atoms with E-state index in [4.69, 9.17) is 25.9 Å². The van der Waals surface area contributed by atoms with Crippen molar-refractivity contribution in [3.63, 3.8) is 0 Å². The highest BCUT2D eigenvalue weighted by molar-refractivity contribution is 7.90. The smallest absolute Gasteiger partial charge is 0.337 e. The molecule has 1 unspecified atom stereocenters. The van der Waals surface area contributed by atoms with Gasteiger partial charge in [0.25, 0.3) is 0 Å². The van der Waals surface area contributed by atoms with Crippen molar-refractivity contribution in [1.82, 2.24) is 4.72 Å². The number of nitrogens with one attached hydrogen (secondary N) is 3. The van der Waals surface area contributed by atoms with Crippen molar-refractivity contribution in [2.45, 2.75) is 31.1 Å². The minimum Gasteiger partial charge on any atom is -0.465 e. The summed E-state index contributed by atoms with van der Waals surface area (Å²) in [6, 6.07) is 19.4. The molecule has 0 bridgehead atoms. The van der Waals surface area contributed by atoms with Crippen LogP contribution < -0.4 is 14.8 Å². The summed E-state index contributed by atoms with van der Waals surface area (Å²) in [5, 5.41) is 3.88. The number of benzene rings is 3. The number of methoxy groups -OCH3 is 1. The number of rotatable bonds is 12. The van der Waals surface area contributed by atoms with Gasteiger partial charge in [-0.2, -0.15) is 0 Å². The number of para-hydroxylation sites is 1. The fourth-order valence-electron chi connectivity index (χ4n) is 3.40. The van der Waals surface area contributed by atoms with Gasteiger partial charge in [-0.25, -0.2) is 18.5 Å². The van der Waals surface area contributed by atoms with Crippen molar-refractivity contribution in [3.8, 4) is 11.5 Å². The first-order valence-electron chi connectivity index (χ1n) is 11.3. The number of hydrogen-bond donors (Lipinski definition) is 3. The van der Waals surface area contributed by atoms with Gasteiger partial charge in [-0.15, -0.1) is 0 Å². The van der Waals surface area contributed by atoms with Crippen molar-refractivity contribution < 1.29 is 18.5 Å². The monoisotopic (exact) mass is 515 g/mol. The number of carbonyl (C=O) groups excluding carboxylic acids is 1. The minimum atomic E-state index is -3.56. The van der Waals surface area contributed by atoms with Gasteiger partial charge in [0.05, 0.1) is 18.4 Å². The lowest BCUT2D eigenvalue weighted by Gasteiger charge is -2.20. The number of ether oxygens (including phenoxy) is 2. The molecule has 0 spiro atoms. The Morgan fingerprint density at radius 3 is 2.51 bits per heavy atom. The Morgan fingerprint density at radius 2 is 1.83 bits per heavy atom. The van der Waals surface area contributed by atoms with Crippen LogP contribution in [-0.4, -0.2) is 30.4 Å². The van der Waals surface area contributed by atoms with Crippen LogP contribution in [-0.2, 0) is 21.1 Å². The highest BCUT2D eigenvalue weighted by Crippen LogP contribution is 2.38. The van der Waals surface area contributed by atoms with E-state index in [9.17, 15) is 9.00 Å². The average molecular weight is 516 g/mol. The summed E-state index contributed by atoms with van der Waals surface area (Å²) in [6.07, 6.45) is 2.37. The topological polar surface area (TPSA) is 101 Å². The third-order valence-corrected chi connectivity index (χ3v) is 6.97. The summed E-state index contributed by atoms with van der Waals surface area (Å²) in [6.45, 7) is 2.95. The first kappa shape index (κ1) is 26.5. The first-order chi connectivity index (χ1) is 16.8. The van der Waals surface area contributed by atoms with E-state index >= 15 is 0 Å². The maximum absolute atomic E-state index is 13.7. The summed E-state index contributed by atoms with van der Waals surface area (Å²) in [4.78, 5) is 12.5. The number of esters is 1. The number of carbonyl (C=O) groups is 1. The van der Waals surface area contributed by atoms with Crippen LogP contribution in [0.5, 0.6) is 11.5 Å². The Kier molecular flexibility index (Phi) is 9.54. The van der Waals surface area contributed by atoms with Crippen LogP contribution in [0.3, 0.4) is 0 Å². The van der Waals surface area contributed by atoms with Gasteiger partial charge in [0, 0.05) is 18.1 Å². The van der Waals surface area contributed by atoms with E-state index < -0.39 is 15.9 Å². The fraction of sp³-hybridized carbons (Fsp3) is 0.269. The molecule has 0 aliphatic heterocycles. The van der Waals surface area contributed by atoms with Crippen LogP contribution in [0, 0.1) is 4.78 Å². The number of halogens is 1. The second-order valence-electron chi connectivity index (χ2n) is 7.87. The SMILES string of the molecule is CCCCNc1cc(C(=O)OC)cc(S(=N)(=O)NCCc2cccc(Cl)c2)c1Oc1ccccc1. The number of hydrogen-bond acceptors (Lipinski definition) is 6. The van der Waals surface area contributed by atoms with Crippen molar-refractivity contribution in [1.29, 1.82) is 4.78 Å². The highest BCUT2D eigenvalue weighted by atomic mass is 35.5. The highest BCUT2D eigenvalue weighted by Gasteiger charge is 2.24. The predicted molar refractivity (Wildman–Crippen MR) is 140 cm³/mol. The van der Waals surface area contributed by atoms with E-state index in [0.717, 1.165) is 18.4 Å². The lowest BCUT2D eigenvalue weighted by atomic mass is 10.1. The zero-order chi connectivity index (χ0) is 25.3. The number of unbranched alkanes of at least 4 members (excludes halogenated alkanes) is 1. The number of anilines is 1. The molecule has 0 fully saturated rings. The van der Waals surface area contributed by atoms with E-state index in [1.54, 1.807) is 24.3 Å². The normalized spacial score (nSPS) is 12.5. The maximum atomic E-state index is 13.7. The zero-order valence-electron chi connectivity index (χ0n) is 19.8. The third kappa shape index (κ3) is 7.45. The van der Waals surface area contributed by atoms with E-state index in [-0.39, 0.29) is 22.8 Å². The maximum Gasteiger partial charge on any atom is 0.337 e. The Balaban J connectivity index is 2.00. The van der Waals surface area contributed by atoms with Gasteiger partial charge >= 0.3 is 5.97 Å². The summed E-state index contributed by atoms with van der Waals surface area (Å²) >= 11 is 6.06. The molecule has 9 heteroatoms. The Morgan fingerprint density at radius 1 is 1.06 bits per heavy atom. The fourth-order valence-corrected chi connectivity index (χ4v) is 4.87. The van der Waals surface area contributed by atoms with Gasteiger partial charge in [-0.3, -0.25) is 0 Å². The van der Waals surface area contributed by atoms with Crippen molar-refractivity contribution in [3.05, 3.63) is 82.9 Å².